The fourth-order valence-corrected chi connectivity index (χ4v) is 2.16. The van der Waals surface area contributed by atoms with E-state index in [-0.39, 0.29) is 12.1 Å². The van der Waals surface area contributed by atoms with Gasteiger partial charge in [0.05, 0.1) is 19.8 Å². The molecule has 2 N–H and O–H groups in total. The molecule has 0 aliphatic carbocycles. The summed E-state index contributed by atoms with van der Waals surface area (Å²) in [5, 5.41) is 9.89. The second-order valence-electron chi connectivity index (χ2n) is 4.98. The summed E-state index contributed by atoms with van der Waals surface area (Å²) >= 11 is 0. The zero-order chi connectivity index (χ0) is 14.2. The number of urea groups is 1. The number of morpholine rings is 1. The van der Waals surface area contributed by atoms with E-state index >= 15 is 0 Å². The molecule has 1 aromatic heterocycles. The van der Waals surface area contributed by atoms with Crippen molar-refractivity contribution in [2.75, 3.05) is 39.4 Å². The minimum absolute atomic E-state index is 0.0401. The minimum atomic E-state index is -0.127. The van der Waals surface area contributed by atoms with Crippen molar-refractivity contribution in [1.29, 1.82) is 0 Å². The van der Waals surface area contributed by atoms with Gasteiger partial charge < -0.3 is 15.4 Å². The maximum absolute atomic E-state index is 11.7. The number of ether oxygens (including phenoxy) is 1. The van der Waals surface area contributed by atoms with Crippen LogP contribution in [-0.2, 0) is 11.3 Å². The number of amides is 2. The van der Waals surface area contributed by atoms with Crippen molar-refractivity contribution < 1.29 is 9.53 Å². The molecule has 7 heteroatoms. The number of nitrogens with one attached hydrogen (secondary N) is 2. The zero-order valence-corrected chi connectivity index (χ0v) is 11.9. The summed E-state index contributed by atoms with van der Waals surface area (Å²) in [5.74, 6) is 0. The summed E-state index contributed by atoms with van der Waals surface area (Å²) in [6.07, 6.45) is 3.61. The SMILES string of the molecule is C[C@@H](Cn1cccn1)NC(=O)NCCN1CCOCC1. The Labute approximate surface area is 119 Å². The molecule has 112 valence electrons. The van der Waals surface area contributed by atoms with Gasteiger partial charge in [-0.1, -0.05) is 0 Å². The van der Waals surface area contributed by atoms with Gasteiger partial charge in [-0.25, -0.2) is 4.79 Å². The van der Waals surface area contributed by atoms with Crippen LogP contribution >= 0.6 is 0 Å². The van der Waals surface area contributed by atoms with Crippen molar-refractivity contribution in [2.45, 2.75) is 19.5 Å². The summed E-state index contributed by atoms with van der Waals surface area (Å²) in [7, 11) is 0. The largest absolute Gasteiger partial charge is 0.379 e. The van der Waals surface area contributed by atoms with Gasteiger partial charge in [-0.05, 0) is 13.0 Å². The van der Waals surface area contributed by atoms with Crippen molar-refractivity contribution in [3.8, 4) is 0 Å². The Kier molecular flexibility index (Phi) is 5.82. The first-order chi connectivity index (χ1) is 9.74. The molecule has 2 rings (SSSR count). The average Bonchev–Trinajstić information content (AvgIpc) is 2.92. The van der Waals surface area contributed by atoms with E-state index in [0.29, 0.717) is 13.1 Å². The van der Waals surface area contributed by atoms with Crippen molar-refractivity contribution >= 4 is 6.03 Å². The molecule has 0 bridgehead atoms. The monoisotopic (exact) mass is 281 g/mol. The molecular formula is C13H23N5O2. The van der Waals surface area contributed by atoms with Gasteiger partial charge in [0.1, 0.15) is 0 Å². The molecule has 2 amide bonds. The van der Waals surface area contributed by atoms with Crippen LogP contribution in [0.3, 0.4) is 0 Å². The first-order valence-electron chi connectivity index (χ1n) is 7.06. The Bertz CT molecular complexity index is 389. The summed E-state index contributed by atoms with van der Waals surface area (Å²) in [4.78, 5) is 14.0. The van der Waals surface area contributed by atoms with E-state index < -0.39 is 0 Å². The maximum Gasteiger partial charge on any atom is 0.315 e. The maximum atomic E-state index is 11.7. The minimum Gasteiger partial charge on any atom is -0.379 e. The molecule has 1 fully saturated rings. The normalized spacial score (nSPS) is 17.6. The number of hydrogen-bond donors (Lipinski definition) is 2. The number of hydrogen-bond acceptors (Lipinski definition) is 4. The molecule has 0 spiro atoms. The van der Waals surface area contributed by atoms with E-state index in [0.717, 1.165) is 32.8 Å². The van der Waals surface area contributed by atoms with Gasteiger partial charge in [0.2, 0.25) is 0 Å². The van der Waals surface area contributed by atoms with Crippen LogP contribution in [0, 0.1) is 0 Å². The standard InChI is InChI=1S/C13H23N5O2/c1-12(11-18-5-2-3-15-18)16-13(19)14-4-6-17-7-9-20-10-8-17/h2-3,5,12H,4,6-11H2,1H3,(H2,14,16,19)/t12-/m0/s1. The molecule has 0 aromatic carbocycles. The summed E-state index contributed by atoms with van der Waals surface area (Å²) in [6, 6.07) is 1.78. The first kappa shape index (κ1) is 14.8. The zero-order valence-electron chi connectivity index (χ0n) is 11.9. The van der Waals surface area contributed by atoms with Gasteiger partial charge >= 0.3 is 6.03 Å². The third-order valence-electron chi connectivity index (χ3n) is 3.21. The van der Waals surface area contributed by atoms with Crippen LogP contribution in [-0.4, -0.2) is 66.1 Å². The number of carbonyl (C=O) groups excluding carboxylic acids is 1. The highest BCUT2D eigenvalue weighted by atomic mass is 16.5. The molecule has 1 saturated heterocycles. The van der Waals surface area contributed by atoms with Crippen LogP contribution in [0.25, 0.3) is 0 Å². The lowest BCUT2D eigenvalue weighted by Crippen LogP contribution is -2.46. The molecule has 20 heavy (non-hydrogen) atoms. The van der Waals surface area contributed by atoms with Crippen LogP contribution in [0.1, 0.15) is 6.92 Å². The average molecular weight is 281 g/mol. The number of carbonyl (C=O) groups is 1. The molecule has 1 aromatic rings. The van der Waals surface area contributed by atoms with E-state index in [1.54, 1.807) is 10.9 Å². The van der Waals surface area contributed by atoms with Gasteiger partial charge in [0.15, 0.2) is 0 Å². The molecule has 0 radical (unpaired) electrons. The molecule has 1 aliphatic rings. The Morgan fingerprint density at radius 2 is 2.25 bits per heavy atom. The highest BCUT2D eigenvalue weighted by Crippen LogP contribution is 1.95. The topological polar surface area (TPSA) is 71.4 Å². The molecule has 0 unspecified atom stereocenters. The van der Waals surface area contributed by atoms with Crippen LogP contribution in [0.5, 0.6) is 0 Å². The van der Waals surface area contributed by atoms with Crippen LogP contribution in [0.2, 0.25) is 0 Å². The predicted octanol–water partition coefficient (Wildman–Crippen LogP) is -0.0970. The van der Waals surface area contributed by atoms with Gasteiger partial charge in [-0.3, -0.25) is 9.58 Å². The molecular weight excluding hydrogens is 258 g/mol. The third-order valence-corrected chi connectivity index (χ3v) is 3.21. The highest BCUT2D eigenvalue weighted by molar-refractivity contribution is 5.74. The molecule has 1 atom stereocenters. The first-order valence-corrected chi connectivity index (χ1v) is 7.06. The van der Waals surface area contributed by atoms with Crippen LogP contribution in [0.15, 0.2) is 18.5 Å². The van der Waals surface area contributed by atoms with Gasteiger partial charge in [0.25, 0.3) is 0 Å². The van der Waals surface area contributed by atoms with Crippen molar-refractivity contribution in [2.24, 2.45) is 0 Å². The lowest BCUT2D eigenvalue weighted by atomic mass is 10.3. The van der Waals surface area contributed by atoms with E-state index in [1.165, 1.54) is 0 Å². The Balaban J connectivity index is 1.57. The van der Waals surface area contributed by atoms with Gasteiger partial charge in [0, 0.05) is 44.6 Å². The van der Waals surface area contributed by atoms with E-state index in [9.17, 15) is 4.79 Å². The summed E-state index contributed by atoms with van der Waals surface area (Å²) in [5.41, 5.74) is 0. The quantitative estimate of drug-likeness (QED) is 0.764. The van der Waals surface area contributed by atoms with Crippen molar-refractivity contribution in [3.63, 3.8) is 0 Å². The van der Waals surface area contributed by atoms with E-state index in [1.807, 2.05) is 19.2 Å². The lowest BCUT2D eigenvalue weighted by molar-refractivity contribution is 0.0387. The summed E-state index contributed by atoms with van der Waals surface area (Å²) < 4.78 is 7.08. The molecule has 7 nitrogen and oxygen atoms in total. The lowest BCUT2D eigenvalue weighted by Gasteiger charge is -2.26. The Morgan fingerprint density at radius 3 is 2.95 bits per heavy atom. The number of aromatic nitrogens is 2. The van der Waals surface area contributed by atoms with Crippen LogP contribution in [0.4, 0.5) is 4.79 Å². The number of nitrogens with zero attached hydrogens (tertiary/aromatic N) is 3. The second kappa shape index (κ2) is 7.86. The van der Waals surface area contributed by atoms with Gasteiger partial charge in [-0.15, -0.1) is 0 Å². The van der Waals surface area contributed by atoms with Crippen molar-refractivity contribution in [1.82, 2.24) is 25.3 Å². The fourth-order valence-electron chi connectivity index (χ4n) is 2.16. The second-order valence-corrected chi connectivity index (χ2v) is 4.98. The summed E-state index contributed by atoms with van der Waals surface area (Å²) in [6.45, 7) is 7.61. The highest BCUT2D eigenvalue weighted by Gasteiger charge is 2.11. The van der Waals surface area contributed by atoms with Gasteiger partial charge in [-0.2, -0.15) is 5.10 Å². The van der Waals surface area contributed by atoms with Crippen molar-refractivity contribution in [3.05, 3.63) is 18.5 Å². The molecule has 2 heterocycles. The fraction of sp³-hybridized carbons (Fsp3) is 0.692. The van der Waals surface area contributed by atoms with Crippen LogP contribution < -0.4 is 10.6 Å². The Hall–Kier alpha value is -1.60. The van der Waals surface area contributed by atoms with E-state index in [4.69, 9.17) is 4.74 Å². The smallest absolute Gasteiger partial charge is 0.315 e. The van der Waals surface area contributed by atoms with E-state index in [2.05, 4.69) is 20.6 Å². The molecule has 0 saturated carbocycles. The number of rotatable bonds is 6. The predicted molar refractivity (Wildman–Crippen MR) is 75.5 cm³/mol. The third kappa shape index (κ3) is 5.18. The Morgan fingerprint density at radius 1 is 1.45 bits per heavy atom. The molecule has 1 aliphatic heterocycles.